The number of likely N-dealkylation sites (tertiary alicyclic amines) is 1. The molecule has 1 unspecified atom stereocenters. The van der Waals surface area contributed by atoms with Gasteiger partial charge >= 0.3 is 0 Å². The monoisotopic (exact) mass is 406 g/mol. The van der Waals surface area contributed by atoms with Gasteiger partial charge in [0, 0.05) is 30.4 Å². The summed E-state index contributed by atoms with van der Waals surface area (Å²) in [5.41, 5.74) is 2.20. The van der Waals surface area contributed by atoms with Crippen LogP contribution in [-0.2, 0) is 9.59 Å². The van der Waals surface area contributed by atoms with Crippen LogP contribution in [0.4, 0.5) is 11.4 Å². The van der Waals surface area contributed by atoms with Crippen molar-refractivity contribution < 1.29 is 9.59 Å². The zero-order chi connectivity index (χ0) is 21.1. The van der Waals surface area contributed by atoms with Crippen molar-refractivity contribution in [2.45, 2.75) is 38.6 Å². The molecule has 8 nitrogen and oxygen atoms in total. The van der Waals surface area contributed by atoms with Gasteiger partial charge in [-0.15, -0.1) is 10.2 Å². The van der Waals surface area contributed by atoms with E-state index in [1.807, 2.05) is 37.4 Å². The van der Waals surface area contributed by atoms with Gasteiger partial charge in [0.2, 0.25) is 11.8 Å². The van der Waals surface area contributed by atoms with Gasteiger partial charge in [0.15, 0.2) is 5.65 Å². The zero-order valence-corrected chi connectivity index (χ0v) is 17.2. The number of aromatic nitrogens is 3. The average Bonchev–Trinajstić information content (AvgIpc) is 3.17. The molecule has 4 rings (SSSR count). The van der Waals surface area contributed by atoms with Crippen molar-refractivity contribution >= 4 is 28.8 Å². The van der Waals surface area contributed by atoms with Gasteiger partial charge in [-0.25, -0.2) is 0 Å². The highest BCUT2D eigenvalue weighted by atomic mass is 16.2. The largest absolute Gasteiger partial charge is 0.326 e. The van der Waals surface area contributed by atoms with Crippen molar-refractivity contribution in [3.63, 3.8) is 0 Å². The Hall–Kier alpha value is -3.26. The number of fused-ring (bicyclic) bond motifs is 1. The summed E-state index contributed by atoms with van der Waals surface area (Å²) in [4.78, 5) is 26.2. The van der Waals surface area contributed by atoms with Crippen LogP contribution >= 0.6 is 0 Å². The molecule has 1 aliphatic rings. The Balaban J connectivity index is 1.35. The molecule has 1 fully saturated rings. The lowest BCUT2D eigenvalue weighted by Gasteiger charge is -2.34. The highest BCUT2D eigenvalue weighted by Crippen LogP contribution is 2.28. The molecule has 1 aromatic carbocycles. The Morgan fingerprint density at radius 1 is 1.03 bits per heavy atom. The molecule has 1 atom stereocenters. The summed E-state index contributed by atoms with van der Waals surface area (Å²) < 4.78 is 2.05. The molecule has 0 aliphatic carbocycles. The molecule has 2 N–H and O–H groups in total. The molecular formula is C22H26N6O2. The van der Waals surface area contributed by atoms with E-state index >= 15 is 0 Å². The van der Waals surface area contributed by atoms with Crippen LogP contribution in [0.2, 0.25) is 0 Å². The maximum absolute atomic E-state index is 12.8. The first-order valence-electron chi connectivity index (χ1n) is 10.2. The van der Waals surface area contributed by atoms with Crippen molar-refractivity contribution in [2.75, 3.05) is 23.7 Å². The Bertz CT molecular complexity index is 1050. The lowest BCUT2D eigenvalue weighted by Crippen LogP contribution is -2.45. The first-order chi connectivity index (χ1) is 14.5. The first kappa shape index (κ1) is 20.0. The van der Waals surface area contributed by atoms with Gasteiger partial charge in [-0.05, 0) is 63.2 Å². The molecule has 3 aromatic rings. The second-order valence-corrected chi connectivity index (χ2v) is 7.72. The highest BCUT2D eigenvalue weighted by molar-refractivity contribution is 5.96. The van der Waals surface area contributed by atoms with Crippen molar-refractivity contribution in [3.05, 3.63) is 54.5 Å². The third-order valence-electron chi connectivity index (χ3n) is 5.61. The van der Waals surface area contributed by atoms with Crippen LogP contribution in [0.1, 0.15) is 38.4 Å². The molecular weight excluding hydrogens is 380 g/mol. The van der Waals surface area contributed by atoms with E-state index in [-0.39, 0.29) is 17.9 Å². The van der Waals surface area contributed by atoms with Crippen LogP contribution in [0.5, 0.6) is 0 Å². The zero-order valence-electron chi connectivity index (χ0n) is 17.2. The van der Waals surface area contributed by atoms with E-state index in [2.05, 4.69) is 30.1 Å². The van der Waals surface area contributed by atoms with Crippen LogP contribution < -0.4 is 10.6 Å². The number of nitrogens with zero attached hydrogens (tertiary/aromatic N) is 4. The van der Waals surface area contributed by atoms with Gasteiger partial charge in [0.1, 0.15) is 5.82 Å². The van der Waals surface area contributed by atoms with Crippen LogP contribution in [0.3, 0.4) is 0 Å². The first-order valence-corrected chi connectivity index (χ1v) is 10.2. The third-order valence-corrected chi connectivity index (χ3v) is 5.61. The number of piperidine rings is 1. The maximum atomic E-state index is 12.8. The fourth-order valence-electron chi connectivity index (χ4n) is 3.97. The number of benzene rings is 1. The van der Waals surface area contributed by atoms with Crippen molar-refractivity contribution in [1.82, 2.24) is 19.5 Å². The molecule has 0 saturated carbocycles. The standard InChI is InChI=1S/C22H26N6O2/c1-15(22(30)24-19-7-5-6-18(14-19)23-16(2)29)27-12-9-17(10-13-27)21-26-25-20-8-3-4-11-28(20)21/h3-8,11,14-15,17H,9-10,12-13H2,1-2H3,(H,23,29)(H,24,30). The van der Waals surface area contributed by atoms with Gasteiger partial charge in [-0.1, -0.05) is 12.1 Å². The molecule has 1 aliphatic heterocycles. The molecule has 8 heteroatoms. The smallest absolute Gasteiger partial charge is 0.241 e. The Morgan fingerprint density at radius 3 is 2.50 bits per heavy atom. The number of amides is 2. The minimum atomic E-state index is -0.245. The molecule has 0 bridgehead atoms. The van der Waals surface area contributed by atoms with E-state index in [0.717, 1.165) is 37.4 Å². The summed E-state index contributed by atoms with van der Waals surface area (Å²) in [6.07, 6.45) is 3.87. The Morgan fingerprint density at radius 2 is 1.77 bits per heavy atom. The number of nitrogens with one attached hydrogen (secondary N) is 2. The molecule has 30 heavy (non-hydrogen) atoms. The minimum absolute atomic E-state index is 0.0543. The lowest BCUT2D eigenvalue weighted by atomic mass is 9.95. The number of pyridine rings is 1. The summed E-state index contributed by atoms with van der Waals surface area (Å²) >= 11 is 0. The number of anilines is 2. The normalized spacial score (nSPS) is 16.3. The maximum Gasteiger partial charge on any atom is 0.241 e. The molecule has 3 heterocycles. The molecule has 2 aromatic heterocycles. The molecule has 0 spiro atoms. The van der Waals surface area contributed by atoms with Gasteiger partial charge in [-0.3, -0.25) is 18.9 Å². The van der Waals surface area contributed by atoms with Gasteiger partial charge < -0.3 is 10.6 Å². The quantitative estimate of drug-likeness (QED) is 0.680. The fourth-order valence-corrected chi connectivity index (χ4v) is 3.97. The summed E-state index contributed by atoms with van der Waals surface area (Å²) in [6.45, 7) is 5.04. The second-order valence-electron chi connectivity index (χ2n) is 7.72. The molecule has 156 valence electrons. The topological polar surface area (TPSA) is 91.6 Å². The van der Waals surface area contributed by atoms with Crippen LogP contribution in [0.25, 0.3) is 5.65 Å². The SMILES string of the molecule is CC(=O)Nc1cccc(NC(=O)C(C)N2CCC(c3nnc4ccccn34)CC2)c1. The molecule has 2 amide bonds. The predicted molar refractivity (Wildman–Crippen MR) is 115 cm³/mol. The number of carbonyl (C=O) groups excluding carboxylic acids is 2. The van der Waals surface area contributed by atoms with Crippen LogP contribution in [0.15, 0.2) is 48.7 Å². The van der Waals surface area contributed by atoms with Crippen LogP contribution in [-0.4, -0.2) is 50.4 Å². The summed E-state index contributed by atoms with van der Waals surface area (Å²) in [5.74, 6) is 1.14. The second kappa shape index (κ2) is 8.62. The predicted octanol–water partition coefficient (Wildman–Crippen LogP) is 2.89. The number of rotatable bonds is 5. The van der Waals surface area contributed by atoms with Gasteiger partial charge in [-0.2, -0.15) is 0 Å². The number of hydrogen-bond donors (Lipinski definition) is 2. The van der Waals surface area contributed by atoms with E-state index in [0.29, 0.717) is 17.3 Å². The summed E-state index contributed by atoms with van der Waals surface area (Å²) in [7, 11) is 0. The van der Waals surface area contributed by atoms with Crippen LogP contribution in [0, 0.1) is 0 Å². The molecule has 1 saturated heterocycles. The van der Waals surface area contributed by atoms with E-state index in [9.17, 15) is 9.59 Å². The number of carbonyl (C=O) groups is 2. The Kier molecular flexibility index (Phi) is 5.76. The minimum Gasteiger partial charge on any atom is -0.326 e. The van der Waals surface area contributed by atoms with Gasteiger partial charge in [0.25, 0.3) is 0 Å². The van der Waals surface area contributed by atoms with E-state index < -0.39 is 0 Å². The van der Waals surface area contributed by atoms with Crippen molar-refractivity contribution in [3.8, 4) is 0 Å². The lowest BCUT2D eigenvalue weighted by molar-refractivity contribution is -0.121. The summed E-state index contributed by atoms with van der Waals surface area (Å²) in [5, 5.41) is 14.3. The highest BCUT2D eigenvalue weighted by Gasteiger charge is 2.29. The number of hydrogen-bond acceptors (Lipinski definition) is 5. The third kappa shape index (κ3) is 4.33. The van der Waals surface area contributed by atoms with E-state index in [1.165, 1.54) is 6.92 Å². The summed E-state index contributed by atoms with van der Waals surface area (Å²) in [6, 6.07) is 12.8. The van der Waals surface area contributed by atoms with Crippen molar-refractivity contribution in [2.24, 2.45) is 0 Å². The van der Waals surface area contributed by atoms with Gasteiger partial charge in [0.05, 0.1) is 6.04 Å². The van der Waals surface area contributed by atoms with Crippen molar-refractivity contribution in [1.29, 1.82) is 0 Å². The molecule has 0 radical (unpaired) electrons. The fraction of sp³-hybridized carbons (Fsp3) is 0.364. The Labute approximate surface area is 175 Å². The average molecular weight is 406 g/mol. The van der Waals surface area contributed by atoms with E-state index in [1.54, 1.807) is 18.2 Å². The van der Waals surface area contributed by atoms with E-state index in [4.69, 9.17) is 0 Å².